The first-order valence-electron chi connectivity index (χ1n) is 11.7. The lowest BCUT2D eigenvalue weighted by molar-refractivity contribution is -0.151. The maximum atomic E-state index is 12.7. The number of hydrogen-bond donors (Lipinski definition) is 2. The number of methoxy groups -OCH3 is 1. The molecule has 1 heterocycles. The molecule has 0 saturated carbocycles. The van der Waals surface area contributed by atoms with E-state index in [1.807, 2.05) is 42.5 Å². The smallest absolute Gasteiger partial charge is 0.312 e. The second kappa shape index (κ2) is 11.0. The Morgan fingerprint density at radius 1 is 1.19 bits per heavy atom. The number of nitrogens with zero attached hydrogens (tertiary/aromatic N) is 1. The number of phenols is 1. The predicted molar refractivity (Wildman–Crippen MR) is 126 cm³/mol. The molecule has 0 radical (unpaired) electrons. The summed E-state index contributed by atoms with van der Waals surface area (Å²) in [7, 11) is 1.39. The van der Waals surface area contributed by atoms with Gasteiger partial charge in [-0.05, 0) is 60.9 Å². The van der Waals surface area contributed by atoms with Gasteiger partial charge < -0.3 is 14.9 Å². The van der Waals surface area contributed by atoms with Crippen LogP contribution in [-0.4, -0.2) is 47.3 Å². The van der Waals surface area contributed by atoms with Crippen molar-refractivity contribution in [3.63, 3.8) is 0 Å². The van der Waals surface area contributed by atoms with Crippen LogP contribution < -0.4 is 0 Å². The van der Waals surface area contributed by atoms with E-state index in [9.17, 15) is 15.0 Å². The van der Waals surface area contributed by atoms with Gasteiger partial charge in [0.25, 0.3) is 0 Å². The Kier molecular flexibility index (Phi) is 8.32. The zero-order valence-electron chi connectivity index (χ0n) is 19.5. The van der Waals surface area contributed by atoms with Crippen molar-refractivity contribution in [2.45, 2.75) is 63.5 Å². The summed E-state index contributed by atoms with van der Waals surface area (Å²) in [4.78, 5) is 15.1. The number of benzene rings is 2. The minimum absolute atomic E-state index is 0.0471. The molecular weight excluding hydrogens is 402 g/mol. The average molecular weight is 440 g/mol. The molecule has 1 aliphatic rings. The summed E-state index contributed by atoms with van der Waals surface area (Å²) in [5, 5.41) is 21.1. The van der Waals surface area contributed by atoms with Gasteiger partial charge in [-0.1, -0.05) is 62.7 Å². The van der Waals surface area contributed by atoms with E-state index >= 15 is 0 Å². The highest BCUT2D eigenvalue weighted by Gasteiger charge is 2.36. The van der Waals surface area contributed by atoms with Crippen LogP contribution >= 0.6 is 0 Å². The van der Waals surface area contributed by atoms with Gasteiger partial charge in [0, 0.05) is 12.6 Å². The molecule has 4 atom stereocenters. The van der Waals surface area contributed by atoms with Crippen LogP contribution in [0.2, 0.25) is 0 Å². The Labute approximate surface area is 192 Å². The van der Waals surface area contributed by atoms with E-state index in [0.717, 1.165) is 49.8 Å². The molecule has 1 fully saturated rings. The molecule has 174 valence electrons. The molecule has 0 bridgehead atoms. The van der Waals surface area contributed by atoms with Crippen LogP contribution in [0.4, 0.5) is 0 Å². The molecule has 0 amide bonds. The fourth-order valence-electron chi connectivity index (χ4n) is 5.07. The molecule has 2 N–H and O–H groups in total. The van der Waals surface area contributed by atoms with Gasteiger partial charge in [0.15, 0.2) is 0 Å². The van der Waals surface area contributed by atoms with Crippen molar-refractivity contribution >= 4 is 5.97 Å². The number of phenolic OH excluding ortho intramolecular Hbond substituents is 1. The number of hydrogen-bond acceptors (Lipinski definition) is 5. The second-order valence-corrected chi connectivity index (χ2v) is 9.30. The van der Waals surface area contributed by atoms with E-state index in [1.165, 1.54) is 7.11 Å². The minimum atomic E-state index is -0.913. The lowest BCUT2D eigenvalue weighted by Gasteiger charge is -2.41. The second-order valence-electron chi connectivity index (χ2n) is 9.30. The third kappa shape index (κ3) is 5.70. The molecule has 2 aromatic carbocycles. The van der Waals surface area contributed by atoms with E-state index in [-0.39, 0.29) is 11.4 Å². The molecular formula is C27H37NO4. The van der Waals surface area contributed by atoms with Crippen molar-refractivity contribution in [1.29, 1.82) is 0 Å². The van der Waals surface area contributed by atoms with Gasteiger partial charge in [0.1, 0.15) is 5.75 Å². The van der Waals surface area contributed by atoms with E-state index in [0.29, 0.717) is 18.3 Å². The van der Waals surface area contributed by atoms with Crippen LogP contribution in [0, 0.1) is 5.92 Å². The molecule has 3 unspecified atom stereocenters. The normalized spacial score (nSPS) is 24.2. The first kappa shape index (κ1) is 24.3. The van der Waals surface area contributed by atoms with Crippen molar-refractivity contribution in [2.75, 3.05) is 20.2 Å². The fraction of sp³-hybridized carbons (Fsp3) is 0.519. The van der Waals surface area contributed by atoms with Crippen LogP contribution in [0.3, 0.4) is 0 Å². The number of carbonyl (C=O) groups is 1. The molecule has 1 saturated heterocycles. The molecule has 32 heavy (non-hydrogen) atoms. The summed E-state index contributed by atoms with van der Waals surface area (Å²) in [5.74, 6) is -0.734. The highest BCUT2D eigenvalue weighted by atomic mass is 16.5. The Bertz CT molecular complexity index is 871. The van der Waals surface area contributed by atoms with E-state index in [2.05, 4.69) is 24.8 Å². The molecule has 2 aromatic rings. The largest absolute Gasteiger partial charge is 0.508 e. The molecule has 0 aliphatic carbocycles. The maximum Gasteiger partial charge on any atom is 0.312 e. The highest BCUT2D eigenvalue weighted by Crippen LogP contribution is 2.38. The Hall–Kier alpha value is -2.37. The van der Waals surface area contributed by atoms with Crippen molar-refractivity contribution in [3.8, 4) is 5.75 Å². The number of aliphatic hydroxyl groups excluding tert-OH is 1. The molecule has 5 nitrogen and oxygen atoms in total. The SMILES string of the molecule is CCC1CCCC(C)(c2cccc(O)c2)CCN1CC(C(=O)OC)[C@@H](O)c1ccccc1. The summed E-state index contributed by atoms with van der Waals surface area (Å²) in [6.07, 6.45) is 4.18. The lowest BCUT2D eigenvalue weighted by atomic mass is 9.74. The van der Waals surface area contributed by atoms with Gasteiger partial charge in [-0.3, -0.25) is 9.69 Å². The first-order chi connectivity index (χ1) is 15.4. The van der Waals surface area contributed by atoms with Crippen molar-refractivity contribution in [1.82, 2.24) is 4.90 Å². The molecule has 5 heteroatoms. The quantitative estimate of drug-likeness (QED) is 0.605. The summed E-state index contributed by atoms with van der Waals surface area (Å²) in [6, 6.07) is 17.3. The van der Waals surface area contributed by atoms with Gasteiger partial charge in [-0.25, -0.2) is 0 Å². The summed E-state index contributed by atoms with van der Waals surface area (Å²) < 4.78 is 5.09. The van der Waals surface area contributed by atoms with E-state index < -0.39 is 12.0 Å². The van der Waals surface area contributed by atoms with Crippen LogP contribution in [-0.2, 0) is 14.9 Å². The molecule has 1 aliphatic heterocycles. The van der Waals surface area contributed by atoms with Gasteiger partial charge in [0.2, 0.25) is 0 Å². The van der Waals surface area contributed by atoms with Crippen molar-refractivity contribution < 1.29 is 19.7 Å². The van der Waals surface area contributed by atoms with E-state index in [1.54, 1.807) is 6.07 Å². The number of aromatic hydroxyl groups is 1. The number of carbonyl (C=O) groups excluding carboxylic acids is 1. The Morgan fingerprint density at radius 3 is 2.59 bits per heavy atom. The number of esters is 1. The van der Waals surface area contributed by atoms with Crippen LogP contribution in [0.1, 0.15) is 63.2 Å². The maximum absolute atomic E-state index is 12.7. The lowest BCUT2D eigenvalue weighted by Crippen LogP contribution is -2.46. The third-order valence-corrected chi connectivity index (χ3v) is 7.20. The van der Waals surface area contributed by atoms with Gasteiger partial charge in [-0.2, -0.15) is 0 Å². The predicted octanol–water partition coefficient (Wildman–Crippen LogP) is 4.83. The summed E-state index contributed by atoms with van der Waals surface area (Å²) >= 11 is 0. The zero-order chi connectivity index (χ0) is 23.1. The first-order valence-corrected chi connectivity index (χ1v) is 11.7. The number of likely N-dealkylation sites (tertiary alicyclic amines) is 1. The van der Waals surface area contributed by atoms with Crippen LogP contribution in [0.15, 0.2) is 54.6 Å². The fourth-order valence-corrected chi connectivity index (χ4v) is 5.07. The highest BCUT2D eigenvalue weighted by molar-refractivity contribution is 5.73. The Morgan fingerprint density at radius 2 is 1.94 bits per heavy atom. The zero-order valence-corrected chi connectivity index (χ0v) is 19.5. The molecule has 0 aromatic heterocycles. The average Bonchev–Trinajstić information content (AvgIpc) is 2.81. The standard InChI is InChI=1S/C27H37NO4/c1-4-22-13-9-15-27(2,21-12-8-14-23(29)18-21)16-17-28(22)19-24(26(31)32-3)25(30)20-10-6-5-7-11-20/h5-8,10-12,14,18,22,24-25,29-30H,4,9,13,15-17,19H2,1-3H3/t22?,24?,25-,27?/m0/s1. The van der Waals surface area contributed by atoms with Gasteiger partial charge >= 0.3 is 5.97 Å². The topological polar surface area (TPSA) is 70.0 Å². The Balaban J connectivity index is 1.83. The molecule has 0 spiro atoms. The van der Waals surface area contributed by atoms with Crippen molar-refractivity contribution in [3.05, 3.63) is 65.7 Å². The number of rotatable bonds is 7. The van der Waals surface area contributed by atoms with Crippen LogP contribution in [0.5, 0.6) is 5.75 Å². The number of aliphatic hydroxyl groups is 1. The van der Waals surface area contributed by atoms with Gasteiger partial charge in [0.05, 0.1) is 19.1 Å². The van der Waals surface area contributed by atoms with Gasteiger partial charge in [-0.15, -0.1) is 0 Å². The minimum Gasteiger partial charge on any atom is -0.508 e. The van der Waals surface area contributed by atoms with E-state index in [4.69, 9.17) is 4.74 Å². The monoisotopic (exact) mass is 439 g/mol. The van der Waals surface area contributed by atoms with Crippen molar-refractivity contribution in [2.24, 2.45) is 5.92 Å². The van der Waals surface area contributed by atoms with Crippen LogP contribution in [0.25, 0.3) is 0 Å². The summed E-state index contributed by atoms with van der Waals surface area (Å²) in [5.41, 5.74) is 1.84. The summed E-state index contributed by atoms with van der Waals surface area (Å²) in [6.45, 7) is 5.73. The number of ether oxygens (including phenoxy) is 1. The third-order valence-electron chi connectivity index (χ3n) is 7.20. The molecule has 3 rings (SSSR count).